The highest BCUT2D eigenvalue weighted by atomic mass is 35.5. The third-order valence-corrected chi connectivity index (χ3v) is 5.31. The van der Waals surface area contributed by atoms with Crippen LogP contribution in [0.2, 0.25) is 10.0 Å². The molecule has 0 spiro atoms. The van der Waals surface area contributed by atoms with Gasteiger partial charge in [0.25, 0.3) is 5.91 Å². The van der Waals surface area contributed by atoms with Gasteiger partial charge in [-0.2, -0.15) is 0 Å². The number of rotatable bonds is 6. The summed E-state index contributed by atoms with van der Waals surface area (Å²) in [6.45, 7) is 0.248. The lowest BCUT2D eigenvalue weighted by atomic mass is 10.1. The molecule has 1 saturated heterocycles. The lowest BCUT2D eigenvalue weighted by molar-refractivity contribution is -0.123. The van der Waals surface area contributed by atoms with Gasteiger partial charge in [0, 0.05) is 0 Å². The zero-order valence-electron chi connectivity index (χ0n) is 16.6. The van der Waals surface area contributed by atoms with Crippen molar-refractivity contribution >= 4 is 41.2 Å². The van der Waals surface area contributed by atoms with Gasteiger partial charge in [0.05, 0.1) is 16.6 Å². The molecule has 32 heavy (non-hydrogen) atoms. The number of imide groups is 1. The van der Waals surface area contributed by atoms with Crippen molar-refractivity contribution in [3.8, 4) is 5.75 Å². The molecule has 0 saturated carbocycles. The minimum absolute atomic E-state index is 0.0840. The zero-order chi connectivity index (χ0) is 22.7. The predicted octanol–water partition coefficient (Wildman–Crippen LogP) is 5.80. The summed E-state index contributed by atoms with van der Waals surface area (Å²) in [4.78, 5) is 26.1. The van der Waals surface area contributed by atoms with Gasteiger partial charge in [-0.1, -0.05) is 65.7 Å². The quantitative estimate of drug-likeness (QED) is 0.365. The van der Waals surface area contributed by atoms with Crippen LogP contribution < -0.4 is 10.1 Å². The summed E-state index contributed by atoms with van der Waals surface area (Å²) in [5.41, 5.74) is 2.10. The van der Waals surface area contributed by atoms with Crippen LogP contribution in [-0.2, 0) is 17.9 Å². The minimum atomic E-state index is -0.502. The monoisotopic (exact) mass is 470 g/mol. The van der Waals surface area contributed by atoms with E-state index in [1.165, 1.54) is 18.2 Å². The SMILES string of the molecule is O=C1N/C(=C/c2cc(Cl)c(OCc3cccc(F)c3)c(Cl)c2)C(=O)N1Cc1ccccc1. The Kier molecular flexibility index (Phi) is 6.44. The Morgan fingerprint density at radius 2 is 1.62 bits per heavy atom. The highest BCUT2D eigenvalue weighted by Gasteiger charge is 2.33. The summed E-state index contributed by atoms with van der Waals surface area (Å²) in [7, 11) is 0. The van der Waals surface area contributed by atoms with Crippen molar-refractivity contribution in [2.45, 2.75) is 13.2 Å². The van der Waals surface area contributed by atoms with Crippen LogP contribution in [0.3, 0.4) is 0 Å². The number of nitrogens with zero attached hydrogens (tertiary/aromatic N) is 1. The van der Waals surface area contributed by atoms with Crippen LogP contribution in [-0.4, -0.2) is 16.8 Å². The maximum atomic E-state index is 13.3. The first kappa shape index (κ1) is 21.9. The maximum absolute atomic E-state index is 13.3. The van der Waals surface area contributed by atoms with Gasteiger partial charge in [0.2, 0.25) is 0 Å². The number of urea groups is 1. The Hall–Kier alpha value is -3.35. The molecule has 0 atom stereocenters. The summed E-state index contributed by atoms with van der Waals surface area (Å²) < 4.78 is 19.0. The van der Waals surface area contributed by atoms with E-state index < -0.39 is 11.9 Å². The van der Waals surface area contributed by atoms with Gasteiger partial charge in [-0.25, -0.2) is 9.18 Å². The van der Waals surface area contributed by atoms with E-state index in [1.807, 2.05) is 30.3 Å². The van der Waals surface area contributed by atoms with E-state index in [0.29, 0.717) is 11.1 Å². The van der Waals surface area contributed by atoms with Crippen molar-refractivity contribution in [3.63, 3.8) is 0 Å². The Morgan fingerprint density at radius 1 is 0.938 bits per heavy atom. The van der Waals surface area contributed by atoms with Gasteiger partial charge >= 0.3 is 6.03 Å². The summed E-state index contributed by atoms with van der Waals surface area (Å²) >= 11 is 12.6. The number of benzene rings is 3. The smallest absolute Gasteiger partial charge is 0.329 e. The number of hydrogen-bond donors (Lipinski definition) is 1. The fraction of sp³-hybridized carbons (Fsp3) is 0.0833. The van der Waals surface area contributed by atoms with Crippen molar-refractivity contribution < 1.29 is 18.7 Å². The second-order valence-corrected chi connectivity index (χ2v) is 7.91. The second kappa shape index (κ2) is 9.42. The Bertz CT molecular complexity index is 1190. The summed E-state index contributed by atoms with van der Waals surface area (Å²) in [5.74, 6) is -0.570. The molecule has 162 valence electrons. The molecule has 0 radical (unpaired) electrons. The van der Waals surface area contributed by atoms with Gasteiger partial charge in [0.1, 0.15) is 18.1 Å². The zero-order valence-corrected chi connectivity index (χ0v) is 18.2. The van der Waals surface area contributed by atoms with Crippen LogP contribution in [0.5, 0.6) is 5.75 Å². The number of nitrogens with one attached hydrogen (secondary N) is 1. The number of ether oxygens (including phenoxy) is 1. The molecular weight excluding hydrogens is 454 g/mol. The van der Waals surface area contributed by atoms with Crippen molar-refractivity contribution in [2.24, 2.45) is 0 Å². The number of amides is 3. The summed E-state index contributed by atoms with van der Waals surface area (Å²) in [6.07, 6.45) is 1.50. The first-order valence-corrected chi connectivity index (χ1v) is 10.4. The standard InChI is InChI=1S/C24H17Cl2FN2O3/c25-19-10-17(11-20(26)22(19)32-14-16-7-4-8-18(27)9-16)12-21-23(30)29(24(31)28-21)13-15-5-2-1-3-6-15/h1-12H,13-14H2,(H,28,31)/b21-12+. The molecule has 1 fully saturated rings. The van der Waals surface area contributed by atoms with E-state index >= 15 is 0 Å². The topological polar surface area (TPSA) is 58.6 Å². The van der Waals surface area contributed by atoms with Crippen molar-refractivity contribution in [1.82, 2.24) is 10.2 Å². The molecule has 8 heteroatoms. The second-order valence-electron chi connectivity index (χ2n) is 7.10. The van der Waals surface area contributed by atoms with Crippen molar-refractivity contribution in [3.05, 3.63) is 105 Å². The van der Waals surface area contributed by atoms with Crippen molar-refractivity contribution in [2.75, 3.05) is 0 Å². The predicted molar refractivity (Wildman–Crippen MR) is 121 cm³/mol. The van der Waals surface area contributed by atoms with Crippen LogP contribution in [0.4, 0.5) is 9.18 Å². The fourth-order valence-electron chi connectivity index (χ4n) is 3.23. The van der Waals surface area contributed by atoms with E-state index in [1.54, 1.807) is 24.3 Å². The molecule has 4 rings (SSSR count). The fourth-order valence-corrected chi connectivity index (χ4v) is 3.84. The molecule has 3 aromatic carbocycles. The number of carbonyl (C=O) groups excluding carboxylic acids is 2. The summed E-state index contributed by atoms with van der Waals surface area (Å²) in [6, 6.07) is 17.9. The van der Waals surface area contributed by atoms with E-state index in [9.17, 15) is 14.0 Å². The average Bonchev–Trinajstić information content (AvgIpc) is 3.01. The molecular formula is C24H17Cl2FN2O3. The third kappa shape index (κ3) is 4.93. The van der Waals surface area contributed by atoms with Gasteiger partial charge in [-0.3, -0.25) is 9.69 Å². The molecule has 1 aliphatic heterocycles. The minimum Gasteiger partial charge on any atom is -0.486 e. The molecule has 0 aliphatic carbocycles. The molecule has 1 aliphatic rings. The van der Waals surface area contributed by atoms with E-state index in [4.69, 9.17) is 27.9 Å². The molecule has 3 amide bonds. The molecule has 5 nitrogen and oxygen atoms in total. The van der Waals surface area contributed by atoms with Gasteiger partial charge in [-0.15, -0.1) is 0 Å². The Morgan fingerprint density at radius 3 is 2.31 bits per heavy atom. The Labute approximate surface area is 194 Å². The Balaban J connectivity index is 1.50. The van der Waals surface area contributed by atoms with Gasteiger partial charge in [-0.05, 0) is 47.0 Å². The van der Waals surface area contributed by atoms with E-state index in [2.05, 4.69) is 5.32 Å². The van der Waals surface area contributed by atoms with Crippen LogP contribution >= 0.6 is 23.2 Å². The number of halogens is 3. The van der Waals surface area contributed by atoms with Crippen LogP contribution in [0.1, 0.15) is 16.7 Å². The number of carbonyl (C=O) groups is 2. The molecule has 1 N–H and O–H groups in total. The van der Waals surface area contributed by atoms with Crippen LogP contribution in [0, 0.1) is 5.82 Å². The molecule has 1 heterocycles. The van der Waals surface area contributed by atoms with E-state index in [-0.39, 0.29) is 40.5 Å². The third-order valence-electron chi connectivity index (χ3n) is 4.75. The first-order valence-electron chi connectivity index (χ1n) is 9.65. The lowest BCUT2D eigenvalue weighted by Crippen LogP contribution is -2.30. The first-order chi connectivity index (χ1) is 15.4. The molecule has 0 unspecified atom stereocenters. The molecule has 0 aromatic heterocycles. The molecule has 0 bridgehead atoms. The van der Waals surface area contributed by atoms with Gasteiger partial charge in [0.15, 0.2) is 5.75 Å². The number of hydrogen-bond acceptors (Lipinski definition) is 3. The van der Waals surface area contributed by atoms with Crippen LogP contribution in [0.15, 0.2) is 72.4 Å². The maximum Gasteiger partial charge on any atom is 0.329 e. The van der Waals surface area contributed by atoms with Crippen molar-refractivity contribution in [1.29, 1.82) is 0 Å². The summed E-state index contributed by atoms with van der Waals surface area (Å²) in [5, 5.41) is 3.02. The average molecular weight is 471 g/mol. The lowest BCUT2D eigenvalue weighted by Gasteiger charge is -2.12. The largest absolute Gasteiger partial charge is 0.486 e. The van der Waals surface area contributed by atoms with Gasteiger partial charge < -0.3 is 10.1 Å². The highest BCUT2D eigenvalue weighted by molar-refractivity contribution is 6.37. The van der Waals surface area contributed by atoms with E-state index in [0.717, 1.165) is 10.5 Å². The van der Waals surface area contributed by atoms with Crippen LogP contribution in [0.25, 0.3) is 6.08 Å². The molecule has 3 aromatic rings. The normalized spacial score (nSPS) is 14.7. The highest BCUT2D eigenvalue weighted by Crippen LogP contribution is 2.35.